The van der Waals surface area contributed by atoms with Gasteiger partial charge in [0.2, 0.25) is 0 Å². The number of aromatic amines is 1. The summed E-state index contributed by atoms with van der Waals surface area (Å²) in [5.74, 6) is 0. The second kappa shape index (κ2) is 6.52. The van der Waals surface area contributed by atoms with Crippen LogP contribution < -0.4 is 5.32 Å². The Labute approximate surface area is 120 Å². The predicted octanol–water partition coefficient (Wildman–Crippen LogP) is 2.88. The molecule has 6 heteroatoms. The van der Waals surface area contributed by atoms with Crippen molar-refractivity contribution in [3.05, 3.63) is 36.0 Å². The molecule has 0 aliphatic heterocycles. The van der Waals surface area contributed by atoms with Crippen LogP contribution in [0, 0.1) is 0 Å². The standard InChI is InChI=1S/C14H17ClF2N2O/c15-14(16,17)13(20)6-8-18-7-5-10-9-19-12-4-2-1-3-11(10)12/h1-4,9,13,18-20H,5-8H2/t13-/m0/s1. The van der Waals surface area contributed by atoms with E-state index in [-0.39, 0.29) is 6.42 Å². The summed E-state index contributed by atoms with van der Waals surface area (Å²) in [7, 11) is 0. The van der Waals surface area contributed by atoms with Crippen LogP contribution in [0.15, 0.2) is 30.5 Å². The van der Waals surface area contributed by atoms with Gasteiger partial charge in [-0.3, -0.25) is 0 Å². The van der Waals surface area contributed by atoms with Gasteiger partial charge in [0.05, 0.1) is 0 Å². The van der Waals surface area contributed by atoms with Gasteiger partial charge >= 0.3 is 5.38 Å². The molecule has 0 fully saturated rings. The highest BCUT2D eigenvalue weighted by atomic mass is 35.5. The molecule has 0 radical (unpaired) electrons. The zero-order chi connectivity index (χ0) is 14.6. The van der Waals surface area contributed by atoms with E-state index in [1.165, 1.54) is 10.9 Å². The Bertz CT molecular complexity index is 553. The number of hydrogen-bond acceptors (Lipinski definition) is 2. The van der Waals surface area contributed by atoms with Crippen molar-refractivity contribution in [3.63, 3.8) is 0 Å². The maximum Gasteiger partial charge on any atom is 0.347 e. The Balaban J connectivity index is 1.74. The summed E-state index contributed by atoms with van der Waals surface area (Å²) in [4.78, 5) is 3.18. The first kappa shape index (κ1) is 15.2. The predicted molar refractivity (Wildman–Crippen MR) is 76.3 cm³/mol. The van der Waals surface area contributed by atoms with Gasteiger partial charge < -0.3 is 15.4 Å². The number of aliphatic hydroxyl groups excluding tert-OH is 1. The van der Waals surface area contributed by atoms with Crippen LogP contribution in [-0.2, 0) is 6.42 Å². The molecule has 0 saturated heterocycles. The quantitative estimate of drug-likeness (QED) is 0.544. The Hall–Kier alpha value is -1.17. The molecule has 1 atom stereocenters. The number of alkyl halides is 3. The third-order valence-electron chi connectivity index (χ3n) is 3.22. The summed E-state index contributed by atoms with van der Waals surface area (Å²) in [6.45, 7) is 0.953. The molecule has 3 N–H and O–H groups in total. The fourth-order valence-corrected chi connectivity index (χ4v) is 2.20. The van der Waals surface area contributed by atoms with Crippen LogP contribution in [0.5, 0.6) is 0 Å². The van der Waals surface area contributed by atoms with Crippen LogP contribution in [0.1, 0.15) is 12.0 Å². The highest BCUT2D eigenvalue weighted by Gasteiger charge is 2.34. The minimum atomic E-state index is -3.56. The molecule has 1 heterocycles. The first-order valence-corrected chi connectivity index (χ1v) is 6.87. The largest absolute Gasteiger partial charge is 0.385 e. The van der Waals surface area contributed by atoms with Gasteiger partial charge in [0.25, 0.3) is 0 Å². The summed E-state index contributed by atoms with van der Waals surface area (Å²) >= 11 is 4.73. The molecule has 0 bridgehead atoms. The lowest BCUT2D eigenvalue weighted by Crippen LogP contribution is -2.31. The normalized spacial score (nSPS) is 13.8. The molecular formula is C14H17ClF2N2O. The Morgan fingerprint density at radius 3 is 2.80 bits per heavy atom. The average Bonchev–Trinajstić information content (AvgIpc) is 2.80. The Kier molecular flexibility index (Phi) is 4.96. The number of aliphatic hydroxyl groups is 1. The number of rotatable bonds is 7. The number of nitrogens with one attached hydrogen (secondary N) is 2. The van der Waals surface area contributed by atoms with Gasteiger partial charge in [0, 0.05) is 17.1 Å². The monoisotopic (exact) mass is 302 g/mol. The van der Waals surface area contributed by atoms with Crippen molar-refractivity contribution in [1.82, 2.24) is 10.3 Å². The summed E-state index contributed by atoms with van der Waals surface area (Å²) in [6, 6.07) is 7.99. The highest BCUT2D eigenvalue weighted by Crippen LogP contribution is 2.25. The molecule has 2 rings (SSSR count). The molecule has 1 aromatic heterocycles. The van der Waals surface area contributed by atoms with Crippen molar-refractivity contribution >= 4 is 22.5 Å². The highest BCUT2D eigenvalue weighted by molar-refractivity contribution is 6.22. The van der Waals surface area contributed by atoms with Gasteiger partial charge in [0.1, 0.15) is 6.10 Å². The van der Waals surface area contributed by atoms with Gasteiger partial charge in [0.15, 0.2) is 0 Å². The zero-order valence-corrected chi connectivity index (χ0v) is 11.6. The van der Waals surface area contributed by atoms with E-state index in [4.69, 9.17) is 16.7 Å². The molecule has 0 spiro atoms. The lowest BCUT2D eigenvalue weighted by molar-refractivity contribution is -0.0438. The molecule has 0 saturated carbocycles. The summed E-state index contributed by atoms with van der Waals surface area (Å²) in [5, 5.41) is 9.72. The Morgan fingerprint density at radius 2 is 2.05 bits per heavy atom. The van der Waals surface area contributed by atoms with E-state index >= 15 is 0 Å². The van der Waals surface area contributed by atoms with E-state index in [1.807, 2.05) is 30.5 Å². The number of benzene rings is 1. The lowest BCUT2D eigenvalue weighted by atomic mass is 10.1. The van der Waals surface area contributed by atoms with Crippen molar-refractivity contribution in [2.45, 2.75) is 24.3 Å². The molecule has 2 aromatic rings. The van der Waals surface area contributed by atoms with Crippen molar-refractivity contribution < 1.29 is 13.9 Å². The molecule has 0 aliphatic carbocycles. The minimum absolute atomic E-state index is 0.0790. The second-order valence-electron chi connectivity index (χ2n) is 4.71. The molecule has 3 nitrogen and oxygen atoms in total. The van der Waals surface area contributed by atoms with Crippen LogP contribution >= 0.6 is 11.6 Å². The molecule has 110 valence electrons. The van der Waals surface area contributed by atoms with E-state index in [2.05, 4.69) is 10.3 Å². The van der Waals surface area contributed by atoms with Crippen molar-refractivity contribution in [2.24, 2.45) is 0 Å². The van der Waals surface area contributed by atoms with Crippen LogP contribution in [0.25, 0.3) is 10.9 Å². The minimum Gasteiger partial charge on any atom is -0.385 e. The molecule has 20 heavy (non-hydrogen) atoms. The first-order valence-electron chi connectivity index (χ1n) is 6.49. The number of fused-ring (bicyclic) bond motifs is 1. The van der Waals surface area contributed by atoms with Crippen LogP contribution in [0.3, 0.4) is 0 Å². The fourth-order valence-electron chi connectivity index (χ4n) is 2.09. The molecule has 0 unspecified atom stereocenters. The maximum absolute atomic E-state index is 12.5. The molecule has 1 aromatic carbocycles. The second-order valence-corrected chi connectivity index (χ2v) is 5.21. The average molecular weight is 303 g/mol. The fraction of sp³-hybridized carbons (Fsp3) is 0.429. The molecule has 0 aliphatic rings. The summed E-state index contributed by atoms with van der Waals surface area (Å²) < 4.78 is 25.0. The molecule has 0 amide bonds. The number of halogens is 3. The lowest BCUT2D eigenvalue weighted by Gasteiger charge is -2.15. The van der Waals surface area contributed by atoms with E-state index < -0.39 is 11.5 Å². The van der Waals surface area contributed by atoms with E-state index in [9.17, 15) is 8.78 Å². The summed E-state index contributed by atoms with van der Waals surface area (Å²) in [6.07, 6.45) is 0.848. The van der Waals surface area contributed by atoms with E-state index in [1.54, 1.807) is 0 Å². The van der Waals surface area contributed by atoms with Crippen LogP contribution in [0.4, 0.5) is 8.78 Å². The Morgan fingerprint density at radius 1 is 1.30 bits per heavy atom. The van der Waals surface area contributed by atoms with Gasteiger partial charge in [-0.05, 0) is 49.2 Å². The number of para-hydroxylation sites is 1. The van der Waals surface area contributed by atoms with Crippen LogP contribution in [-0.4, -0.2) is 34.7 Å². The first-order chi connectivity index (χ1) is 9.48. The third-order valence-corrected chi connectivity index (χ3v) is 3.47. The SMILES string of the molecule is O[C@@H](CCNCCc1c[nH]c2ccccc12)C(F)(F)Cl. The maximum atomic E-state index is 12.5. The van der Waals surface area contributed by atoms with Crippen LogP contribution in [0.2, 0.25) is 0 Å². The van der Waals surface area contributed by atoms with Gasteiger partial charge in [-0.1, -0.05) is 18.2 Å². The number of aromatic nitrogens is 1. The number of H-pyrrole nitrogens is 1. The van der Waals surface area contributed by atoms with Crippen molar-refractivity contribution in [3.8, 4) is 0 Å². The van der Waals surface area contributed by atoms with Crippen molar-refractivity contribution in [2.75, 3.05) is 13.1 Å². The smallest absolute Gasteiger partial charge is 0.347 e. The third kappa shape index (κ3) is 3.91. The van der Waals surface area contributed by atoms with E-state index in [0.717, 1.165) is 11.9 Å². The zero-order valence-electron chi connectivity index (χ0n) is 10.9. The van der Waals surface area contributed by atoms with Crippen molar-refractivity contribution in [1.29, 1.82) is 0 Å². The van der Waals surface area contributed by atoms with Gasteiger partial charge in [-0.2, -0.15) is 8.78 Å². The van der Waals surface area contributed by atoms with E-state index in [0.29, 0.717) is 13.1 Å². The molecular weight excluding hydrogens is 286 g/mol. The van der Waals surface area contributed by atoms with Gasteiger partial charge in [-0.25, -0.2) is 0 Å². The number of hydrogen-bond donors (Lipinski definition) is 3. The topological polar surface area (TPSA) is 48.0 Å². The summed E-state index contributed by atoms with van der Waals surface area (Å²) in [5.41, 5.74) is 2.26. The van der Waals surface area contributed by atoms with Gasteiger partial charge in [-0.15, -0.1) is 0 Å².